The zero-order valence-corrected chi connectivity index (χ0v) is 13.7. The van der Waals surface area contributed by atoms with Crippen LogP contribution in [0, 0.1) is 11.6 Å². The van der Waals surface area contributed by atoms with E-state index in [1.54, 1.807) is 11.0 Å². The van der Waals surface area contributed by atoms with E-state index in [4.69, 9.17) is 4.42 Å². The predicted molar refractivity (Wildman–Crippen MR) is 91.3 cm³/mol. The van der Waals surface area contributed by atoms with Crippen molar-refractivity contribution >= 4 is 22.7 Å². The third-order valence-electron chi connectivity index (χ3n) is 4.50. The number of oxazole rings is 1. The molecule has 0 bridgehead atoms. The van der Waals surface area contributed by atoms with Crippen molar-refractivity contribution < 1.29 is 18.0 Å². The third kappa shape index (κ3) is 2.83. The molecule has 0 saturated carbocycles. The van der Waals surface area contributed by atoms with Crippen LogP contribution >= 0.6 is 0 Å². The number of hydrogen-bond donors (Lipinski definition) is 1. The van der Waals surface area contributed by atoms with E-state index in [-0.39, 0.29) is 11.5 Å². The summed E-state index contributed by atoms with van der Waals surface area (Å²) < 4.78 is 31.6. The highest BCUT2D eigenvalue weighted by molar-refractivity contribution is 5.94. The zero-order valence-electron chi connectivity index (χ0n) is 13.7. The Labute approximate surface area is 146 Å². The maximum Gasteiger partial charge on any atom is 0.417 e. The first-order valence-electron chi connectivity index (χ1n) is 8.14. The smallest absolute Gasteiger partial charge is 0.406 e. The highest BCUT2D eigenvalue weighted by Crippen LogP contribution is 2.26. The molecule has 134 valence electrons. The van der Waals surface area contributed by atoms with Crippen LogP contribution in [0.1, 0.15) is 10.4 Å². The van der Waals surface area contributed by atoms with E-state index in [1.165, 1.54) is 6.07 Å². The first-order valence-corrected chi connectivity index (χ1v) is 8.14. The summed E-state index contributed by atoms with van der Waals surface area (Å²) in [4.78, 5) is 30.1. The van der Waals surface area contributed by atoms with Gasteiger partial charge in [-0.3, -0.25) is 9.78 Å². The van der Waals surface area contributed by atoms with Crippen LogP contribution in [0.15, 0.2) is 45.6 Å². The number of aromatic amines is 1. The SMILES string of the molecule is O=C(c1ccc(F)c(F)c1)N1CCN(c2cccc3[nH]c(=O)oc23)CC1. The number of hydrogen-bond acceptors (Lipinski definition) is 4. The number of carbonyl (C=O) groups is 1. The lowest BCUT2D eigenvalue weighted by molar-refractivity contribution is 0.0746. The summed E-state index contributed by atoms with van der Waals surface area (Å²) in [5.74, 6) is -2.87. The molecular weight excluding hydrogens is 344 g/mol. The number of aromatic nitrogens is 1. The van der Waals surface area contributed by atoms with Crippen molar-refractivity contribution in [2.45, 2.75) is 0 Å². The molecule has 1 aliphatic heterocycles. The summed E-state index contributed by atoms with van der Waals surface area (Å²) in [5, 5.41) is 0. The molecule has 6 nitrogen and oxygen atoms in total. The molecule has 1 aliphatic rings. The first-order chi connectivity index (χ1) is 12.5. The molecule has 1 saturated heterocycles. The van der Waals surface area contributed by atoms with E-state index >= 15 is 0 Å². The fourth-order valence-corrected chi connectivity index (χ4v) is 3.17. The molecule has 0 radical (unpaired) electrons. The molecule has 3 aromatic rings. The lowest BCUT2D eigenvalue weighted by atomic mass is 10.1. The summed E-state index contributed by atoms with van der Waals surface area (Å²) in [6.45, 7) is 1.90. The highest BCUT2D eigenvalue weighted by atomic mass is 19.2. The Morgan fingerprint density at radius 2 is 1.81 bits per heavy atom. The summed E-state index contributed by atoms with van der Waals surface area (Å²) in [6, 6.07) is 8.58. The van der Waals surface area contributed by atoms with Crippen LogP contribution in [-0.4, -0.2) is 42.0 Å². The molecule has 8 heteroatoms. The second-order valence-corrected chi connectivity index (χ2v) is 6.08. The van der Waals surface area contributed by atoms with Crippen LogP contribution in [-0.2, 0) is 0 Å². The Morgan fingerprint density at radius 3 is 2.54 bits per heavy atom. The Kier molecular flexibility index (Phi) is 3.95. The minimum absolute atomic E-state index is 0.121. The van der Waals surface area contributed by atoms with Gasteiger partial charge in [0, 0.05) is 31.7 Å². The molecule has 2 heterocycles. The molecule has 0 unspecified atom stereocenters. The van der Waals surface area contributed by atoms with E-state index in [0.717, 1.165) is 17.8 Å². The maximum absolute atomic E-state index is 13.3. The first kappa shape index (κ1) is 16.3. The maximum atomic E-state index is 13.3. The second kappa shape index (κ2) is 6.29. The van der Waals surface area contributed by atoms with E-state index in [9.17, 15) is 18.4 Å². The van der Waals surface area contributed by atoms with Crippen molar-refractivity contribution in [1.82, 2.24) is 9.88 Å². The van der Waals surface area contributed by atoms with Crippen LogP contribution in [0.4, 0.5) is 14.5 Å². The number of amides is 1. The summed E-state index contributed by atoms with van der Waals surface area (Å²) in [5.41, 5.74) is 2.00. The van der Waals surface area contributed by atoms with Crippen LogP contribution in [0.3, 0.4) is 0 Å². The monoisotopic (exact) mass is 359 g/mol. The number of piperazine rings is 1. The average molecular weight is 359 g/mol. The second-order valence-electron chi connectivity index (χ2n) is 6.08. The minimum Gasteiger partial charge on any atom is -0.406 e. The Hall–Kier alpha value is -3.16. The predicted octanol–water partition coefficient (Wildman–Crippen LogP) is 2.36. The van der Waals surface area contributed by atoms with Gasteiger partial charge in [0.2, 0.25) is 0 Å². The Balaban J connectivity index is 1.50. The van der Waals surface area contributed by atoms with Gasteiger partial charge >= 0.3 is 5.76 Å². The van der Waals surface area contributed by atoms with Crippen molar-refractivity contribution in [3.05, 3.63) is 64.1 Å². The van der Waals surface area contributed by atoms with Gasteiger partial charge in [-0.05, 0) is 30.3 Å². The molecule has 0 aliphatic carbocycles. The Bertz CT molecular complexity index is 1040. The standard InChI is InChI=1S/C18H15F2N3O3/c19-12-5-4-11(10-13(12)20)17(24)23-8-6-22(7-9-23)15-3-1-2-14-16(15)26-18(25)21-14/h1-5,10H,6-9H2,(H,21,25). The normalized spacial score (nSPS) is 14.8. The van der Waals surface area contributed by atoms with Crippen molar-refractivity contribution in [3.8, 4) is 0 Å². The zero-order chi connectivity index (χ0) is 18.3. The summed E-state index contributed by atoms with van der Waals surface area (Å²) >= 11 is 0. The van der Waals surface area contributed by atoms with E-state index in [1.807, 2.05) is 17.0 Å². The molecule has 1 amide bonds. The van der Waals surface area contributed by atoms with Crippen LogP contribution in [0.2, 0.25) is 0 Å². The number of carbonyl (C=O) groups excluding carboxylic acids is 1. The summed E-state index contributed by atoms with van der Waals surface area (Å²) in [6.07, 6.45) is 0. The molecule has 26 heavy (non-hydrogen) atoms. The van der Waals surface area contributed by atoms with Gasteiger partial charge in [-0.2, -0.15) is 0 Å². The molecule has 1 aromatic heterocycles. The quantitative estimate of drug-likeness (QED) is 0.763. The van der Waals surface area contributed by atoms with Gasteiger partial charge in [-0.25, -0.2) is 13.6 Å². The van der Waals surface area contributed by atoms with Gasteiger partial charge in [0.25, 0.3) is 5.91 Å². The van der Waals surface area contributed by atoms with E-state index in [2.05, 4.69) is 4.98 Å². The highest BCUT2D eigenvalue weighted by Gasteiger charge is 2.24. The van der Waals surface area contributed by atoms with Gasteiger partial charge in [-0.15, -0.1) is 0 Å². The van der Waals surface area contributed by atoms with Crippen molar-refractivity contribution in [2.75, 3.05) is 31.1 Å². The van der Waals surface area contributed by atoms with Crippen molar-refractivity contribution in [3.63, 3.8) is 0 Å². The number of para-hydroxylation sites is 1. The van der Waals surface area contributed by atoms with Gasteiger partial charge < -0.3 is 14.2 Å². The van der Waals surface area contributed by atoms with E-state index in [0.29, 0.717) is 37.3 Å². The lowest BCUT2D eigenvalue weighted by Crippen LogP contribution is -2.48. The Morgan fingerprint density at radius 1 is 1.04 bits per heavy atom. The minimum atomic E-state index is -1.04. The average Bonchev–Trinajstić information content (AvgIpc) is 3.03. The van der Waals surface area contributed by atoms with Gasteiger partial charge in [-0.1, -0.05) is 6.07 Å². The molecule has 0 atom stereocenters. The molecule has 1 N–H and O–H groups in total. The number of halogens is 2. The number of benzene rings is 2. The van der Waals surface area contributed by atoms with Crippen LogP contribution < -0.4 is 10.7 Å². The molecule has 2 aromatic carbocycles. The molecule has 4 rings (SSSR count). The van der Waals surface area contributed by atoms with Crippen LogP contribution in [0.5, 0.6) is 0 Å². The molecule has 0 spiro atoms. The lowest BCUT2D eigenvalue weighted by Gasteiger charge is -2.36. The van der Waals surface area contributed by atoms with E-state index < -0.39 is 17.4 Å². The van der Waals surface area contributed by atoms with Crippen molar-refractivity contribution in [2.24, 2.45) is 0 Å². The number of nitrogens with zero attached hydrogens (tertiary/aromatic N) is 2. The largest absolute Gasteiger partial charge is 0.417 e. The van der Waals surface area contributed by atoms with Gasteiger partial charge in [0.05, 0.1) is 11.2 Å². The molecular formula is C18H15F2N3O3. The fourth-order valence-electron chi connectivity index (χ4n) is 3.17. The van der Waals surface area contributed by atoms with Crippen molar-refractivity contribution in [1.29, 1.82) is 0 Å². The summed E-state index contributed by atoms with van der Waals surface area (Å²) in [7, 11) is 0. The third-order valence-corrected chi connectivity index (χ3v) is 4.50. The number of fused-ring (bicyclic) bond motifs is 1. The fraction of sp³-hybridized carbons (Fsp3) is 0.222. The van der Waals surface area contributed by atoms with Crippen LogP contribution in [0.25, 0.3) is 11.1 Å². The molecule has 1 fully saturated rings. The number of anilines is 1. The van der Waals surface area contributed by atoms with Gasteiger partial charge in [0.15, 0.2) is 17.2 Å². The number of nitrogens with one attached hydrogen (secondary N) is 1. The number of rotatable bonds is 2. The topological polar surface area (TPSA) is 69.6 Å². The number of H-pyrrole nitrogens is 1. The van der Waals surface area contributed by atoms with Gasteiger partial charge in [0.1, 0.15) is 0 Å².